The van der Waals surface area contributed by atoms with Gasteiger partial charge in [-0.15, -0.1) is 0 Å². The summed E-state index contributed by atoms with van der Waals surface area (Å²) in [6, 6.07) is 0. The van der Waals surface area contributed by atoms with E-state index in [-0.39, 0.29) is 18.0 Å². The molecule has 4 nitrogen and oxygen atoms in total. The van der Waals surface area contributed by atoms with Gasteiger partial charge < -0.3 is 5.73 Å². The molecule has 1 rings (SSSR count). The Morgan fingerprint density at radius 2 is 2.09 bits per heavy atom. The van der Waals surface area contributed by atoms with Gasteiger partial charge in [0.1, 0.15) is 11.7 Å². The molecule has 0 aliphatic heterocycles. The number of nitrogens with two attached hydrogens (primary N) is 1. The molecule has 2 N–H and O–H groups in total. The zero-order chi connectivity index (χ0) is 8.59. The second kappa shape index (κ2) is 2.45. The summed E-state index contributed by atoms with van der Waals surface area (Å²) in [5.41, 5.74) is 4.90. The fourth-order valence-corrected chi connectivity index (χ4v) is 1.18. The fraction of sp³-hybridized carbons (Fsp3) is 0.571. The third-order valence-electron chi connectivity index (χ3n) is 2.00. The SMILES string of the molecule is C[C@H]1C(=O)C[C@H](C(N)=O)C1=O. The molecular formula is C7H9NO3. The zero-order valence-corrected chi connectivity index (χ0v) is 6.16. The minimum absolute atomic E-state index is 0.00463. The normalized spacial score (nSPS) is 31.0. The van der Waals surface area contributed by atoms with Crippen LogP contribution in [0.1, 0.15) is 13.3 Å². The first-order chi connectivity index (χ1) is 5.04. The predicted octanol–water partition coefficient (Wildman–Crippen LogP) is -0.734. The van der Waals surface area contributed by atoms with Crippen LogP contribution in [0.4, 0.5) is 0 Å². The predicted molar refractivity (Wildman–Crippen MR) is 36.5 cm³/mol. The Morgan fingerprint density at radius 1 is 1.55 bits per heavy atom. The van der Waals surface area contributed by atoms with Gasteiger partial charge in [-0.3, -0.25) is 14.4 Å². The van der Waals surface area contributed by atoms with E-state index in [1.807, 2.05) is 0 Å². The molecule has 1 amide bonds. The summed E-state index contributed by atoms with van der Waals surface area (Å²) in [6.07, 6.45) is -0.00463. The van der Waals surface area contributed by atoms with Gasteiger partial charge in [0.05, 0.1) is 5.92 Å². The molecule has 0 aromatic rings. The van der Waals surface area contributed by atoms with E-state index >= 15 is 0 Å². The first-order valence-electron chi connectivity index (χ1n) is 3.39. The van der Waals surface area contributed by atoms with E-state index in [4.69, 9.17) is 5.73 Å². The lowest BCUT2D eigenvalue weighted by Crippen LogP contribution is -2.27. The van der Waals surface area contributed by atoms with E-state index < -0.39 is 17.7 Å². The molecule has 0 spiro atoms. The summed E-state index contributed by atoms with van der Waals surface area (Å²) < 4.78 is 0. The molecule has 0 heterocycles. The van der Waals surface area contributed by atoms with Gasteiger partial charge in [0.25, 0.3) is 0 Å². The summed E-state index contributed by atoms with van der Waals surface area (Å²) in [7, 11) is 0. The van der Waals surface area contributed by atoms with E-state index in [0.717, 1.165) is 0 Å². The molecule has 4 heteroatoms. The molecule has 1 fully saturated rings. The second-order valence-corrected chi connectivity index (χ2v) is 2.75. The Morgan fingerprint density at radius 3 is 2.27 bits per heavy atom. The summed E-state index contributed by atoms with van der Waals surface area (Å²) in [5, 5.41) is 0. The lowest BCUT2D eigenvalue weighted by molar-refractivity contribution is -0.131. The molecule has 0 radical (unpaired) electrons. The Labute approximate surface area is 63.7 Å². The number of Topliss-reactive ketones (excluding diaryl/α,β-unsaturated/α-hetero) is 2. The van der Waals surface area contributed by atoms with E-state index in [1.54, 1.807) is 0 Å². The van der Waals surface area contributed by atoms with Gasteiger partial charge in [0.15, 0.2) is 5.78 Å². The molecule has 11 heavy (non-hydrogen) atoms. The number of ketones is 2. The lowest BCUT2D eigenvalue weighted by Gasteiger charge is -1.99. The molecule has 2 atom stereocenters. The fourth-order valence-electron chi connectivity index (χ4n) is 1.18. The maximum absolute atomic E-state index is 11.0. The number of carbonyl (C=O) groups excluding carboxylic acids is 3. The largest absolute Gasteiger partial charge is 0.369 e. The minimum Gasteiger partial charge on any atom is -0.369 e. The van der Waals surface area contributed by atoms with Gasteiger partial charge in [-0.05, 0) is 6.92 Å². The number of primary amides is 1. The number of hydrogen-bond donors (Lipinski definition) is 1. The van der Waals surface area contributed by atoms with Crippen LogP contribution in [-0.2, 0) is 14.4 Å². The Bertz CT molecular complexity index is 234. The average molecular weight is 155 g/mol. The summed E-state index contributed by atoms with van der Waals surface area (Å²) in [6.45, 7) is 1.51. The highest BCUT2D eigenvalue weighted by Gasteiger charge is 2.40. The van der Waals surface area contributed by atoms with Gasteiger partial charge in [0.2, 0.25) is 5.91 Å². The standard InChI is InChI=1S/C7H9NO3/c1-3-5(9)2-4(6(3)10)7(8)11/h3-4H,2H2,1H3,(H2,8,11)/t3-,4-/m0/s1. The van der Waals surface area contributed by atoms with Gasteiger partial charge in [-0.2, -0.15) is 0 Å². The minimum atomic E-state index is -0.863. The van der Waals surface area contributed by atoms with Crippen molar-refractivity contribution in [1.29, 1.82) is 0 Å². The molecule has 0 aromatic heterocycles. The van der Waals surface area contributed by atoms with Crippen molar-refractivity contribution in [3.63, 3.8) is 0 Å². The van der Waals surface area contributed by atoms with Crippen LogP contribution in [0, 0.1) is 11.8 Å². The Kier molecular flexibility index (Phi) is 1.76. The van der Waals surface area contributed by atoms with Crippen LogP contribution in [0.2, 0.25) is 0 Å². The maximum Gasteiger partial charge on any atom is 0.228 e. The van der Waals surface area contributed by atoms with Gasteiger partial charge >= 0.3 is 0 Å². The Balaban J connectivity index is 2.83. The molecule has 60 valence electrons. The first-order valence-corrected chi connectivity index (χ1v) is 3.39. The molecular weight excluding hydrogens is 146 g/mol. The quantitative estimate of drug-likeness (QED) is 0.507. The second-order valence-electron chi connectivity index (χ2n) is 2.75. The highest BCUT2D eigenvalue weighted by molar-refractivity contribution is 6.17. The van der Waals surface area contributed by atoms with Crippen molar-refractivity contribution >= 4 is 17.5 Å². The third-order valence-corrected chi connectivity index (χ3v) is 2.00. The van der Waals surface area contributed by atoms with Crippen molar-refractivity contribution in [2.24, 2.45) is 17.6 Å². The van der Waals surface area contributed by atoms with Crippen molar-refractivity contribution in [2.45, 2.75) is 13.3 Å². The highest BCUT2D eigenvalue weighted by Crippen LogP contribution is 2.22. The monoisotopic (exact) mass is 155 g/mol. The average Bonchev–Trinajstić information content (AvgIpc) is 2.17. The molecule has 0 bridgehead atoms. The van der Waals surface area contributed by atoms with Crippen LogP contribution in [0.5, 0.6) is 0 Å². The van der Waals surface area contributed by atoms with Crippen molar-refractivity contribution in [3.8, 4) is 0 Å². The van der Waals surface area contributed by atoms with E-state index in [9.17, 15) is 14.4 Å². The van der Waals surface area contributed by atoms with Crippen LogP contribution >= 0.6 is 0 Å². The van der Waals surface area contributed by atoms with Crippen molar-refractivity contribution in [2.75, 3.05) is 0 Å². The smallest absolute Gasteiger partial charge is 0.228 e. The number of hydrogen-bond acceptors (Lipinski definition) is 3. The molecule has 0 aromatic carbocycles. The highest BCUT2D eigenvalue weighted by atomic mass is 16.2. The van der Waals surface area contributed by atoms with Crippen LogP contribution in [0.3, 0.4) is 0 Å². The Hall–Kier alpha value is -1.19. The van der Waals surface area contributed by atoms with Gasteiger partial charge in [-0.1, -0.05) is 0 Å². The van der Waals surface area contributed by atoms with Crippen LogP contribution in [0.25, 0.3) is 0 Å². The zero-order valence-electron chi connectivity index (χ0n) is 6.16. The topological polar surface area (TPSA) is 77.2 Å². The number of amides is 1. The van der Waals surface area contributed by atoms with Gasteiger partial charge in [0, 0.05) is 6.42 Å². The van der Waals surface area contributed by atoms with Crippen LogP contribution in [-0.4, -0.2) is 17.5 Å². The summed E-state index contributed by atoms with van der Waals surface area (Å²) >= 11 is 0. The number of carbonyl (C=O) groups is 3. The van der Waals surface area contributed by atoms with E-state index in [1.165, 1.54) is 6.92 Å². The van der Waals surface area contributed by atoms with Crippen molar-refractivity contribution < 1.29 is 14.4 Å². The van der Waals surface area contributed by atoms with Crippen molar-refractivity contribution in [3.05, 3.63) is 0 Å². The molecule has 1 aliphatic carbocycles. The summed E-state index contributed by atoms with van der Waals surface area (Å²) in [4.78, 5) is 32.5. The third kappa shape index (κ3) is 1.15. The lowest BCUT2D eigenvalue weighted by atomic mass is 10.0. The summed E-state index contributed by atoms with van der Waals surface area (Å²) in [5.74, 6) is -2.70. The van der Waals surface area contributed by atoms with Crippen LogP contribution < -0.4 is 5.73 Å². The van der Waals surface area contributed by atoms with Crippen LogP contribution in [0.15, 0.2) is 0 Å². The van der Waals surface area contributed by atoms with E-state index in [2.05, 4.69) is 0 Å². The van der Waals surface area contributed by atoms with E-state index in [0.29, 0.717) is 0 Å². The molecule has 0 unspecified atom stereocenters. The van der Waals surface area contributed by atoms with Gasteiger partial charge in [-0.25, -0.2) is 0 Å². The van der Waals surface area contributed by atoms with Crippen molar-refractivity contribution in [1.82, 2.24) is 0 Å². The molecule has 0 saturated heterocycles. The number of rotatable bonds is 1. The molecule has 1 aliphatic rings. The first kappa shape index (κ1) is 7.91. The molecule has 1 saturated carbocycles. The maximum atomic E-state index is 11.0.